The Hall–Kier alpha value is -2.32. The van der Waals surface area contributed by atoms with Gasteiger partial charge in [0.2, 0.25) is 5.91 Å². The third kappa shape index (κ3) is 4.61. The van der Waals surface area contributed by atoms with E-state index in [1.807, 2.05) is 44.2 Å². The van der Waals surface area contributed by atoms with Gasteiger partial charge in [0.05, 0.1) is 5.56 Å². The van der Waals surface area contributed by atoms with E-state index >= 15 is 0 Å². The third-order valence-corrected chi connectivity index (χ3v) is 4.02. The predicted molar refractivity (Wildman–Crippen MR) is 88.8 cm³/mol. The van der Waals surface area contributed by atoms with Gasteiger partial charge in [-0.05, 0) is 38.1 Å². The Morgan fingerprint density at radius 3 is 2.64 bits per heavy atom. The highest BCUT2D eigenvalue weighted by Crippen LogP contribution is 2.21. The Labute approximate surface area is 134 Å². The van der Waals surface area contributed by atoms with Crippen molar-refractivity contribution in [1.29, 1.82) is 5.26 Å². The van der Waals surface area contributed by atoms with Crippen LogP contribution in [-0.2, 0) is 4.79 Å². The van der Waals surface area contributed by atoms with Crippen LogP contribution in [0.25, 0.3) is 0 Å². The van der Waals surface area contributed by atoms with Crippen LogP contribution in [0.5, 0.6) is 0 Å². The number of aryl methyl sites for hydroxylation is 2. The van der Waals surface area contributed by atoms with Crippen molar-refractivity contribution in [3.8, 4) is 6.07 Å². The first-order valence-electron chi connectivity index (χ1n) is 6.95. The smallest absolute Gasteiger partial charge is 0.225 e. The van der Waals surface area contributed by atoms with Gasteiger partial charge in [-0.15, -0.1) is 11.8 Å². The molecule has 0 radical (unpaired) electrons. The average Bonchev–Trinajstić information content (AvgIpc) is 2.50. The first kappa shape index (κ1) is 16.1. The van der Waals surface area contributed by atoms with Crippen molar-refractivity contribution < 1.29 is 4.79 Å². The number of carbonyl (C=O) groups excluding carboxylic acids is 1. The van der Waals surface area contributed by atoms with Crippen molar-refractivity contribution in [1.82, 2.24) is 4.98 Å². The Kier molecular flexibility index (Phi) is 5.56. The summed E-state index contributed by atoms with van der Waals surface area (Å²) in [4.78, 5) is 16.2. The second-order valence-electron chi connectivity index (χ2n) is 4.93. The van der Waals surface area contributed by atoms with E-state index in [0.717, 1.165) is 16.9 Å². The van der Waals surface area contributed by atoms with Crippen LogP contribution in [0.4, 0.5) is 5.69 Å². The number of hydrogen-bond acceptors (Lipinski definition) is 4. The van der Waals surface area contributed by atoms with Crippen molar-refractivity contribution >= 4 is 23.4 Å². The second-order valence-corrected chi connectivity index (χ2v) is 6.01. The van der Waals surface area contributed by atoms with Crippen LogP contribution in [0.3, 0.4) is 0 Å². The quantitative estimate of drug-likeness (QED) is 0.855. The highest BCUT2D eigenvalue weighted by atomic mass is 32.2. The van der Waals surface area contributed by atoms with Crippen LogP contribution < -0.4 is 5.32 Å². The van der Waals surface area contributed by atoms with Crippen LogP contribution in [0.2, 0.25) is 0 Å². The molecule has 0 spiro atoms. The molecule has 1 aromatic heterocycles. The van der Waals surface area contributed by atoms with Crippen LogP contribution in [0.1, 0.15) is 23.2 Å². The molecule has 0 unspecified atom stereocenters. The van der Waals surface area contributed by atoms with Gasteiger partial charge in [0.1, 0.15) is 11.1 Å². The third-order valence-electron chi connectivity index (χ3n) is 3.02. The number of benzene rings is 1. The van der Waals surface area contributed by atoms with E-state index in [9.17, 15) is 4.79 Å². The highest BCUT2D eigenvalue weighted by molar-refractivity contribution is 7.99. The van der Waals surface area contributed by atoms with E-state index in [2.05, 4.69) is 16.4 Å². The van der Waals surface area contributed by atoms with Gasteiger partial charge < -0.3 is 5.32 Å². The highest BCUT2D eigenvalue weighted by Gasteiger charge is 2.07. The van der Waals surface area contributed by atoms with Crippen LogP contribution in [-0.4, -0.2) is 16.6 Å². The molecule has 1 aromatic carbocycles. The minimum atomic E-state index is -0.0393. The number of nitriles is 1. The van der Waals surface area contributed by atoms with Gasteiger partial charge in [-0.1, -0.05) is 17.7 Å². The van der Waals surface area contributed by atoms with Crippen molar-refractivity contribution in [3.63, 3.8) is 0 Å². The van der Waals surface area contributed by atoms with Gasteiger partial charge >= 0.3 is 0 Å². The average molecular weight is 311 g/mol. The number of thioether (sulfide) groups is 1. The molecule has 0 aliphatic carbocycles. The van der Waals surface area contributed by atoms with E-state index < -0.39 is 0 Å². The van der Waals surface area contributed by atoms with Crippen molar-refractivity contribution in [3.05, 3.63) is 53.2 Å². The van der Waals surface area contributed by atoms with Gasteiger partial charge in [0.25, 0.3) is 0 Å². The lowest BCUT2D eigenvalue weighted by Crippen LogP contribution is -2.12. The van der Waals surface area contributed by atoms with Crippen LogP contribution in [0.15, 0.2) is 41.4 Å². The molecule has 0 atom stereocenters. The predicted octanol–water partition coefficient (Wildman–Crippen LogP) is 3.69. The Morgan fingerprint density at radius 1 is 1.23 bits per heavy atom. The zero-order valence-electron chi connectivity index (χ0n) is 12.6. The largest absolute Gasteiger partial charge is 0.326 e. The molecule has 1 amide bonds. The monoisotopic (exact) mass is 311 g/mol. The lowest BCUT2D eigenvalue weighted by atomic mass is 10.2. The molecule has 0 bridgehead atoms. The summed E-state index contributed by atoms with van der Waals surface area (Å²) in [6.07, 6.45) is 0.374. The fraction of sp³-hybridized carbons (Fsp3) is 0.235. The van der Waals surface area contributed by atoms with Crippen LogP contribution in [0, 0.1) is 25.2 Å². The molecule has 0 aliphatic heterocycles. The topological polar surface area (TPSA) is 65.8 Å². The van der Waals surface area contributed by atoms with E-state index in [0.29, 0.717) is 22.8 Å². The van der Waals surface area contributed by atoms with E-state index in [-0.39, 0.29) is 5.91 Å². The number of carbonyl (C=O) groups is 1. The fourth-order valence-corrected chi connectivity index (χ4v) is 2.79. The lowest BCUT2D eigenvalue weighted by molar-refractivity contribution is -0.115. The fourth-order valence-electron chi connectivity index (χ4n) is 1.83. The molecule has 0 saturated carbocycles. The minimum Gasteiger partial charge on any atom is -0.326 e. The molecular weight excluding hydrogens is 294 g/mol. The molecule has 2 rings (SSSR count). The first-order chi connectivity index (χ1) is 10.6. The van der Waals surface area contributed by atoms with E-state index in [1.165, 1.54) is 11.8 Å². The first-order valence-corrected chi connectivity index (χ1v) is 7.94. The molecule has 0 aliphatic rings. The Morgan fingerprint density at radius 2 is 1.95 bits per heavy atom. The molecule has 112 valence electrons. The number of hydrogen-bond donors (Lipinski definition) is 1. The number of aromatic nitrogens is 1. The van der Waals surface area contributed by atoms with Gasteiger partial charge in [-0.3, -0.25) is 4.79 Å². The SMILES string of the molecule is Cc1ccc(NC(=O)CCSc2nc(C)ccc2C#N)cc1. The number of nitrogens with one attached hydrogen (secondary N) is 1. The summed E-state index contributed by atoms with van der Waals surface area (Å²) in [5.41, 5.74) is 3.37. The molecular formula is C17H17N3OS. The van der Waals surface area contributed by atoms with Crippen molar-refractivity contribution in [2.24, 2.45) is 0 Å². The van der Waals surface area contributed by atoms with Crippen molar-refractivity contribution in [2.75, 3.05) is 11.1 Å². The molecule has 4 nitrogen and oxygen atoms in total. The maximum atomic E-state index is 11.9. The summed E-state index contributed by atoms with van der Waals surface area (Å²) in [5, 5.41) is 12.6. The molecule has 22 heavy (non-hydrogen) atoms. The summed E-state index contributed by atoms with van der Waals surface area (Å²) >= 11 is 1.43. The number of nitrogens with zero attached hydrogens (tertiary/aromatic N) is 2. The number of pyridine rings is 1. The molecule has 0 fully saturated rings. The summed E-state index contributed by atoms with van der Waals surface area (Å²) in [6, 6.07) is 13.4. The van der Waals surface area contributed by atoms with Gasteiger partial charge in [0, 0.05) is 23.6 Å². The summed E-state index contributed by atoms with van der Waals surface area (Å²) in [5.74, 6) is 0.547. The van der Waals surface area contributed by atoms with Crippen LogP contribution >= 0.6 is 11.8 Å². The standard InChI is InChI=1S/C17H17N3OS/c1-12-3-7-15(8-4-12)20-16(21)9-10-22-17-14(11-18)6-5-13(2)19-17/h3-8H,9-10H2,1-2H3,(H,20,21). The summed E-state index contributed by atoms with van der Waals surface area (Å²) in [7, 11) is 0. The lowest BCUT2D eigenvalue weighted by Gasteiger charge is -2.06. The number of anilines is 1. The molecule has 0 saturated heterocycles. The van der Waals surface area contributed by atoms with E-state index in [4.69, 9.17) is 5.26 Å². The molecule has 5 heteroatoms. The summed E-state index contributed by atoms with van der Waals surface area (Å²) < 4.78 is 0. The molecule has 1 heterocycles. The zero-order chi connectivity index (χ0) is 15.9. The molecule has 2 aromatic rings. The number of rotatable bonds is 5. The van der Waals surface area contributed by atoms with Gasteiger partial charge in [-0.2, -0.15) is 5.26 Å². The second kappa shape index (κ2) is 7.62. The van der Waals surface area contributed by atoms with Crippen molar-refractivity contribution in [2.45, 2.75) is 25.3 Å². The van der Waals surface area contributed by atoms with Gasteiger partial charge in [-0.25, -0.2) is 4.98 Å². The maximum absolute atomic E-state index is 11.9. The van der Waals surface area contributed by atoms with E-state index in [1.54, 1.807) is 6.07 Å². The maximum Gasteiger partial charge on any atom is 0.225 e. The zero-order valence-corrected chi connectivity index (χ0v) is 13.4. The Balaban J connectivity index is 1.86. The number of amides is 1. The van der Waals surface area contributed by atoms with Gasteiger partial charge in [0.15, 0.2) is 0 Å². The Bertz CT molecular complexity index is 705. The molecule has 1 N–H and O–H groups in total. The normalized spacial score (nSPS) is 10.0. The minimum absolute atomic E-state index is 0.0393. The summed E-state index contributed by atoms with van der Waals surface area (Å²) in [6.45, 7) is 3.89.